The molecule has 0 aromatic rings. The maximum absolute atomic E-state index is 11.3. The van der Waals surface area contributed by atoms with E-state index in [1.807, 2.05) is 20.8 Å². The minimum Gasteiger partial charge on any atom is -0.386 e. The van der Waals surface area contributed by atoms with Crippen molar-refractivity contribution < 1.29 is 9.90 Å². The lowest BCUT2D eigenvalue weighted by Crippen LogP contribution is -2.65. The molecule has 74 valence electrons. The van der Waals surface area contributed by atoms with Crippen LogP contribution in [0.25, 0.3) is 0 Å². The topological polar surface area (TPSA) is 40.5 Å². The summed E-state index contributed by atoms with van der Waals surface area (Å²) < 4.78 is 0. The van der Waals surface area contributed by atoms with Crippen LogP contribution in [-0.2, 0) is 4.79 Å². The molecule has 0 aromatic heterocycles. The van der Waals surface area contributed by atoms with Crippen LogP contribution in [0.1, 0.15) is 20.8 Å². The molecule has 0 unspecified atom stereocenters. The fourth-order valence-electron chi connectivity index (χ4n) is 1.38. The minimum atomic E-state index is -0.656. The van der Waals surface area contributed by atoms with Gasteiger partial charge in [0.1, 0.15) is 5.60 Å². The molecule has 1 saturated heterocycles. The van der Waals surface area contributed by atoms with E-state index in [0.717, 1.165) is 0 Å². The number of hydrogen-bond donors (Lipinski definition) is 1. The van der Waals surface area contributed by atoms with Gasteiger partial charge in [0, 0.05) is 0 Å². The Kier molecular flexibility index (Phi) is 2.76. The van der Waals surface area contributed by atoms with Crippen LogP contribution in [0.2, 0.25) is 0 Å². The van der Waals surface area contributed by atoms with Gasteiger partial charge in [-0.2, -0.15) is 0 Å². The number of nitrogens with zero attached hydrogens (tertiary/aromatic N) is 1. The molecule has 0 radical (unpaired) electrons. The second-order valence-electron chi connectivity index (χ2n) is 3.95. The monoisotopic (exact) mass is 183 g/mol. The quantitative estimate of drug-likeness (QED) is 0.643. The maximum Gasteiger partial charge on any atom is 0.246 e. The van der Waals surface area contributed by atoms with Gasteiger partial charge in [0.15, 0.2) is 0 Å². The number of likely N-dealkylation sites (tertiary alicyclic amines) is 1. The van der Waals surface area contributed by atoms with Crippen LogP contribution in [0.3, 0.4) is 0 Å². The number of carbonyl (C=O) groups is 1. The number of amides is 1. The van der Waals surface area contributed by atoms with E-state index in [1.165, 1.54) is 6.08 Å². The third-order valence-corrected chi connectivity index (χ3v) is 2.62. The third-order valence-electron chi connectivity index (χ3n) is 2.62. The SMILES string of the molecule is CC=CC(=O)N1CC(O)(C(C)C)C1. The highest BCUT2D eigenvalue weighted by molar-refractivity contribution is 5.88. The molecule has 0 bridgehead atoms. The standard InChI is InChI=1S/C10H17NO2/c1-4-5-9(12)11-6-10(13,7-11)8(2)3/h4-5,8,13H,6-7H2,1-3H3. The summed E-state index contributed by atoms with van der Waals surface area (Å²) in [5.74, 6) is 0.204. The number of aliphatic hydroxyl groups is 1. The highest BCUT2D eigenvalue weighted by Gasteiger charge is 2.45. The van der Waals surface area contributed by atoms with Gasteiger partial charge in [-0.15, -0.1) is 0 Å². The van der Waals surface area contributed by atoms with Crippen LogP contribution >= 0.6 is 0 Å². The highest BCUT2D eigenvalue weighted by atomic mass is 16.3. The van der Waals surface area contributed by atoms with Gasteiger partial charge in [-0.1, -0.05) is 19.9 Å². The molecule has 1 aliphatic heterocycles. The lowest BCUT2D eigenvalue weighted by Gasteiger charge is -2.48. The lowest BCUT2D eigenvalue weighted by atomic mass is 9.83. The van der Waals surface area contributed by atoms with E-state index >= 15 is 0 Å². The Balaban J connectivity index is 2.45. The summed E-state index contributed by atoms with van der Waals surface area (Å²) in [5, 5.41) is 9.86. The second-order valence-corrected chi connectivity index (χ2v) is 3.95. The van der Waals surface area contributed by atoms with E-state index in [2.05, 4.69) is 0 Å². The summed E-state index contributed by atoms with van der Waals surface area (Å²) in [6.07, 6.45) is 3.25. The molecule has 3 heteroatoms. The van der Waals surface area contributed by atoms with Gasteiger partial charge < -0.3 is 10.0 Å². The van der Waals surface area contributed by atoms with Crippen LogP contribution in [0.4, 0.5) is 0 Å². The zero-order chi connectivity index (χ0) is 10.1. The first-order chi connectivity index (χ1) is 5.99. The molecule has 1 rings (SSSR count). The van der Waals surface area contributed by atoms with Gasteiger partial charge in [-0.05, 0) is 18.9 Å². The molecule has 0 aliphatic carbocycles. The first-order valence-electron chi connectivity index (χ1n) is 4.63. The molecule has 1 fully saturated rings. The average molecular weight is 183 g/mol. The van der Waals surface area contributed by atoms with Crippen molar-refractivity contribution in [1.82, 2.24) is 4.90 Å². The van der Waals surface area contributed by atoms with Crippen molar-refractivity contribution in [2.24, 2.45) is 5.92 Å². The molecule has 0 atom stereocenters. The molecule has 1 heterocycles. The third kappa shape index (κ3) is 1.91. The number of allylic oxidation sites excluding steroid dienone is 1. The molecule has 0 saturated carbocycles. The normalized spacial score (nSPS) is 20.8. The maximum atomic E-state index is 11.3. The molecular weight excluding hydrogens is 166 g/mol. The molecule has 13 heavy (non-hydrogen) atoms. The predicted molar refractivity (Wildman–Crippen MR) is 51.2 cm³/mol. The highest BCUT2D eigenvalue weighted by Crippen LogP contribution is 2.28. The molecular formula is C10H17NO2. The van der Waals surface area contributed by atoms with E-state index in [0.29, 0.717) is 13.1 Å². The molecule has 0 spiro atoms. The van der Waals surface area contributed by atoms with E-state index in [4.69, 9.17) is 0 Å². The Morgan fingerprint density at radius 2 is 2.08 bits per heavy atom. The van der Waals surface area contributed by atoms with Crippen molar-refractivity contribution in [3.8, 4) is 0 Å². The van der Waals surface area contributed by atoms with E-state index in [1.54, 1.807) is 11.0 Å². The Morgan fingerprint density at radius 3 is 2.46 bits per heavy atom. The molecule has 1 aliphatic rings. The van der Waals surface area contributed by atoms with Gasteiger partial charge in [-0.3, -0.25) is 4.79 Å². The number of hydrogen-bond acceptors (Lipinski definition) is 2. The Labute approximate surface area is 79.0 Å². The van der Waals surface area contributed by atoms with Gasteiger partial charge >= 0.3 is 0 Å². The fraction of sp³-hybridized carbons (Fsp3) is 0.700. The minimum absolute atomic E-state index is 0.00664. The molecule has 0 aromatic carbocycles. The van der Waals surface area contributed by atoms with Gasteiger partial charge in [0.25, 0.3) is 0 Å². The summed E-state index contributed by atoms with van der Waals surface area (Å²) >= 11 is 0. The second kappa shape index (κ2) is 3.50. The van der Waals surface area contributed by atoms with Crippen molar-refractivity contribution in [2.45, 2.75) is 26.4 Å². The van der Waals surface area contributed by atoms with Crippen LogP contribution in [-0.4, -0.2) is 34.6 Å². The van der Waals surface area contributed by atoms with Crippen molar-refractivity contribution in [3.05, 3.63) is 12.2 Å². The van der Waals surface area contributed by atoms with Crippen LogP contribution in [0.15, 0.2) is 12.2 Å². The van der Waals surface area contributed by atoms with Gasteiger partial charge in [-0.25, -0.2) is 0 Å². The van der Waals surface area contributed by atoms with Crippen molar-refractivity contribution >= 4 is 5.91 Å². The van der Waals surface area contributed by atoms with Crippen LogP contribution < -0.4 is 0 Å². The van der Waals surface area contributed by atoms with Gasteiger partial charge in [0.2, 0.25) is 5.91 Å². The fourth-order valence-corrected chi connectivity index (χ4v) is 1.38. The largest absolute Gasteiger partial charge is 0.386 e. The first-order valence-corrected chi connectivity index (χ1v) is 4.63. The summed E-state index contributed by atoms with van der Waals surface area (Å²) in [5.41, 5.74) is -0.656. The Bertz CT molecular complexity index is 227. The number of rotatable bonds is 2. The summed E-state index contributed by atoms with van der Waals surface area (Å²) in [4.78, 5) is 12.9. The predicted octanol–water partition coefficient (Wildman–Crippen LogP) is 0.792. The van der Waals surface area contributed by atoms with Crippen molar-refractivity contribution in [1.29, 1.82) is 0 Å². The summed E-state index contributed by atoms with van der Waals surface area (Å²) in [6, 6.07) is 0. The number of β-amino-alcohol motifs (C(OH)–C–C–N with tert-alkyl or cyclic N) is 1. The average Bonchev–Trinajstić information content (AvgIpc) is 1.98. The summed E-state index contributed by atoms with van der Waals surface area (Å²) in [6.45, 7) is 6.68. The zero-order valence-electron chi connectivity index (χ0n) is 8.45. The smallest absolute Gasteiger partial charge is 0.246 e. The molecule has 3 nitrogen and oxygen atoms in total. The molecule has 1 N–H and O–H groups in total. The Hall–Kier alpha value is -0.830. The van der Waals surface area contributed by atoms with Crippen LogP contribution in [0.5, 0.6) is 0 Å². The molecule has 1 amide bonds. The van der Waals surface area contributed by atoms with Crippen molar-refractivity contribution in [3.63, 3.8) is 0 Å². The van der Waals surface area contributed by atoms with E-state index in [9.17, 15) is 9.90 Å². The number of carbonyl (C=O) groups excluding carboxylic acids is 1. The lowest BCUT2D eigenvalue weighted by molar-refractivity contribution is -0.158. The first kappa shape index (κ1) is 10.3. The Morgan fingerprint density at radius 1 is 1.54 bits per heavy atom. The van der Waals surface area contributed by atoms with E-state index < -0.39 is 5.60 Å². The van der Waals surface area contributed by atoms with Crippen molar-refractivity contribution in [2.75, 3.05) is 13.1 Å². The van der Waals surface area contributed by atoms with E-state index in [-0.39, 0.29) is 11.8 Å². The van der Waals surface area contributed by atoms with Crippen LogP contribution in [0, 0.1) is 5.92 Å². The van der Waals surface area contributed by atoms with Gasteiger partial charge in [0.05, 0.1) is 13.1 Å². The summed E-state index contributed by atoms with van der Waals surface area (Å²) in [7, 11) is 0. The zero-order valence-corrected chi connectivity index (χ0v) is 8.45.